The van der Waals surface area contributed by atoms with Gasteiger partial charge in [-0.25, -0.2) is 4.98 Å². The summed E-state index contributed by atoms with van der Waals surface area (Å²) in [6.07, 6.45) is 2.03. The van der Waals surface area contributed by atoms with Gasteiger partial charge in [0.2, 0.25) is 5.91 Å². The summed E-state index contributed by atoms with van der Waals surface area (Å²) in [5.74, 6) is 1.00. The summed E-state index contributed by atoms with van der Waals surface area (Å²) >= 11 is 9.56. The summed E-state index contributed by atoms with van der Waals surface area (Å²) in [5.41, 5.74) is 2.51. The lowest BCUT2D eigenvalue weighted by Crippen LogP contribution is -2.32. The lowest BCUT2D eigenvalue weighted by molar-refractivity contribution is -0.118. The van der Waals surface area contributed by atoms with E-state index in [0.29, 0.717) is 23.1 Å². The van der Waals surface area contributed by atoms with Crippen molar-refractivity contribution >= 4 is 56.0 Å². The molecule has 0 spiro atoms. The first-order valence-electron chi connectivity index (χ1n) is 9.61. The Morgan fingerprint density at radius 2 is 1.93 bits per heavy atom. The lowest BCUT2D eigenvalue weighted by atomic mass is 10.1. The van der Waals surface area contributed by atoms with Crippen LogP contribution >= 0.6 is 34.7 Å². The minimum atomic E-state index is -0.0215. The Labute approximate surface area is 188 Å². The van der Waals surface area contributed by atoms with E-state index >= 15 is 0 Å². The van der Waals surface area contributed by atoms with Crippen LogP contribution in [-0.2, 0) is 17.8 Å². The Balaban J connectivity index is 1.63. The van der Waals surface area contributed by atoms with Gasteiger partial charge in [0.25, 0.3) is 0 Å². The molecule has 0 radical (unpaired) electrons. The first-order valence-corrected chi connectivity index (χ1v) is 11.8. The molecule has 1 amide bonds. The molecule has 4 rings (SSSR count). The number of nitrogens with zero attached hydrogens (tertiary/aromatic N) is 3. The second-order valence-corrected chi connectivity index (χ2v) is 9.39. The highest BCUT2D eigenvalue weighted by atomic mass is 35.5. The molecule has 0 atom stereocenters. The van der Waals surface area contributed by atoms with Gasteiger partial charge in [-0.2, -0.15) is 0 Å². The van der Waals surface area contributed by atoms with Crippen LogP contribution in [0.5, 0.6) is 0 Å². The van der Waals surface area contributed by atoms with Crippen molar-refractivity contribution in [3.8, 4) is 0 Å². The van der Waals surface area contributed by atoms with E-state index in [2.05, 4.69) is 29.0 Å². The van der Waals surface area contributed by atoms with Crippen LogP contribution in [-0.4, -0.2) is 21.6 Å². The number of pyridine rings is 1. The lowest BCUT2D eigenvalue weighted by Gasteiger charge is -2.19. The fraction of sp³-hybridized carbons (Fsp3) is 0.174. The largest absolute Gasteiger partial charge is 0.282 e. The van der Waals surface area contributed by atoms with Gasteiger partial charge in [0.05, 0.1) is 28.4 Å². The number of thioether (sulfide) groups is 1. The van der Waals surface area contributed by atoms with Crippen LogP contribution in [0, 0.1) is 0 Å². The third-order valence-corrected chi connectivity index (χ3v) is 6.77. The molecule has 0 unspecified atom stereocenters. The van der Waals surface area contributed by atoms with Gasteiger partial charge in [-0.1, -0.05) is 54.1 Å². The number of thiazole rings is 1. The van der Waals surface area contributed by atoms with Crippen LogP contribution in [0.4, 0.5) is 5.13 Å². The number of carbonyl (C=O) groups is 1. The number of aromatic nitrogens is 2. The van der Waals surface area contributed by atoms with E-state index in [9.17, 15) is 4.79 Å². The van der Waals surface area contributed by atoms with Gasteiger partial charge in [0.1, 0.15) is 5.52 Å². The van der Waals surface area contributed by atoms with Gasteiger partial charge in [0, 0.05) is 11.1 Å². The maximum absolute atomic E-state index is 13.3. The Bertz CT molecular complexity index is 1150. The zero-order valence-corrected chi connectivity index (χ0v) is 18.8. The molecule has 0 fully saturated rings. The number of benzene rings is 2. The van der Waals surface area contributed by atoms with Crippen molar-refractivity contribution in [2.24, 2.45) is 0 Å². The molecule has 0 saturated carbocycles. The van der Waals surface area contributed by atoms with Crippen molar-refractivity contribution in [2.45, 2.75) is 24.8 Å². The summed E-state index contributed by atoms with van der Waals surface area (Å²) in [5, 5.41) is 1.22. The van der Waals surface area contributed by atoms with Crippen LogP contribution < -0.4 is 4.90 Å². The van der Waals surface area contributed by atoms with Crippen LogP contribution in [0.2, 0.25) is 5.02 Å². The second-order valence-electron chi connectivity index (χ2n) is 6.64. The van der Waals surface area contributed by atoms with E-state index < -0.39 is 0 Å². The van der Waals surface area contributed by atoms with Gasteiger partial charge in [-0.05, 0) is 47.7 Å². The maximum atomic E-state index is 13.3. The molecular formula is C23H20ClN3OS2. The Kier molecular flexibility index (Phi) is 6.67. The first kappa shape index (κ1) is 20.8. The van der Waals surface area contributed by atoms with Crippen molar-refractivity contribution in [1.29, 1.82) is 0 Å². The van der Waals surface area contributed by atoms with Gasteiger partial charge in [-0.15, -0.1) is 11.8 Å². The quantitative estimate of drug-likeness (QED) is 0.311. The number of rotatable bonds is 7. The van der Waals surface area contributed by atoms with Crippen molar-refractivity contribution < 1.29 is 4.79 Å². The van der Waals surface area contributed by atoms with Gasteiger partial charge in [0.15, 0.2) is 5.13 Å². The van der Waals surface area contributed by atoms with Crippen molar-refractivity contribution in [3.05, 3.63) is 83.1 Å². The topological polar surface area (TPSA) is 46.1 Å². The average Bonchev–Trinajstić information content (AvgIpc) is 3.20. The molecule has 0 aliphatic heterocycles. The molecule has 0 saturated heterocycles. The maximum Gasteiger partial charge on any atom is 0.233 e. The smallest absolute Gasteiger partial charge is 0.233 e. The number of halogens is 1. The number of carbonyl (C=O) groups excluding carboxylic acids is 1. The van der Waals surface area contributed by atoms with Crippen LogP contribution in [0.25, 0.3) is 10.2 Å². The molecule has 152 valence electrons. The molecular weight excluding hydrogens is 434 g/mol. The Hall–Kier alpha value is -2.41. The van der Waals surface area contributed by atoms with Crippen LogP contribution in [0.15, 0.2) is 71.8 Å². The molecule has 4 nitrogen and oxygen atoms in total. The number of amides is 1. The van der Waals surface area contributed by atoms with E-state index in [1.54, 1.807) is 22.9 Å². The third kappa shape index (κ3) is 4.83. The zero-order valence-electron chi connectivity index (χ0n) is 16.4. The number of hydrogen-bond donors (Lipinski definition) is 0. The van der Waals surface area contributed by atoms with E-state index in [1.165, 1.54) is 16.2 Å². The predicted molar refractivity (Wildman–Crippen MR) is 127 cm³/mol. The van der Waals surface area contributed by atoms with Crippen molar-refractivity contribution in [2.75, 3.05) is 10.7 Å². The minimum absolute atomic E-state index is 0.0215. The van der Waals surface area contributed by atoms with Gasteiger partial charge >= 0.3 is 0 Å². The minimum Gasteiger partial charge on any atom is -0.282 e. The summed E-state index contributed by atoms with van der Waals surface area (Å²) < 4.78 is 0.956. The highest BCUT2D eigenvalue weighted by Gasteiger charge is 2.21. The fourth-order valence-corrected chi connectivity index (χ4v) is 5.02. The summed E-state index contributed by atoms with van der Waals surface area (Å²) in [7, 11) is 0. The summed E-state index contributed by atoms with van der Waals surface area (Å²) in [4.78, 5) is 25.3. The van der Waals surface area contributed by atoms with E-state index in [-0.39, 0.29) is 5.91 Å². The predicted octanol–water partition coefficient (Wildman–Crippen LogP) is 6.23. The first-order chi connectivity index (χ1) is 14.6. The molecule has 2 aromatic carbocycles. The molecule has 0 aliphatic carbocycles. The SMILES string of the molecule is CCSc1ccc(CC(=O)N(Cc2ccccn2)c2nc3c(Cl)cccc3s2)cc1. The number of para-hydroxylation sites is 1. The van der Waals surface area contributed by atoms with E-state index in [0.717, 1.165) is 27.2 Å². The zero-order chi connectivity index (χ0) is 20.9. The molecule has 7 heteroatoms. The number of fused-ring (bicyclic) bond motifs is 1. The molecule has 0 N–H and O–H groups in total. The molecule has 30 heavy (non-hydrogen) atoms. The molecule has 0 aliphatic rings. The Morgan fingerprint density at radius 3 is 2.63 bits per heavy atom. The molecule has 2 heterocycles. The third-order valence-electron chi connectivity index (χ3n) is 4.53. The number of anilines is 1. The highest BCUT2D eigenvalue weighted by molar-refractivity contribution is 7.99. The summed E-state index contributed by atoms with van der Waals surface area (Å²) in [6, 6.07) is 19.5. The molecule has 4 aromatic rings. The standard InChI is InChI=1S/C23H20ClN3OS2/c1-2-29-18-11-9-16(10-12-18)14-21(28)27(15-17-6-3-4-13-25-17)23-26-22-19(24)7-5-8-20(22)30-23/h3-13H,2,14-15H2,1H3. The fourth-order valence-electron chi connectivity index (χ4n) is 3.08. The summed E-state index contributed by atoms with van der Waals surface area (Å²) in [6.45, 7) is 2.49. The van der Waals surface area contributed by atoms with Crippen LogP contribution in [0.1, 0.15) is 18.2 Å². The monoisotopic (exact) mass is 453 g/mol. The van der Waals surface area contributed by atoms with E-state index in [4.69, 9.17) is 11.6 Å². The number of hydrogen-bond acceptors (Lipinski definition) is 5. The highest BCUT2D eigenvalue weighted by Crippen LogP contribution is 2.33. The second kappa shape index (κ2) is 9.60. The van der Waals surface area contributed by atoms with E-state index in [1.807, 2.05) is 48.5 Å². The van der Waals surface area contributed by atoms with Crippen molar-refractivity contribution in [3.63, 3.8) is 0 Å². The van der Waals surface area contributed by atoms with Crippen molar-refractivity contribution in [1.82, 2.24) is 9.97 Å². The van der Waals surface area contributed by atoms with Crippen LogP contribution in [0.3, 0.4) is 0 Å². The Morgan fingerprint density at radius 1 is 1.10 bits per heavy atom. The molecule has 0 bridgehead atoms. The molecule has 2 aromatic heterocycles. The van der Waals surface area contributed by atoms with Gasteiger partial charge < -0.3 is 0 Å². The average molecular weight is 454 g/mol. The van der Waals surface area contributed by atoms with Gasteiger partial charge in [-0.3, -0.25) is 14.7 Å². The normalized spacial score (nSPS) is 11.0.